The number of rotatable bonds is 0. The molecule has 0 atom stereocenters. The molecule has 0 saturated carbocycles. The van der Waals surface area contributed by atoms with Gasteiger partial charge < -0.3 is 0 Å². The number of allylic oxidation sites excluding steroid dienone is 1. The Bertz CT molecular complexity index is 158. The second-order valence-corrected chi connectivity index (χ2v) is 1.13. The molecule has 0 saturated heterocycles. The largest absolute Gasteiger partial charge is 0.343 e. The van der Waals surface area contributed by atoms with E-state index >= 15 is 0 Å². The van der Waals surface area contributed by atoms with Crippen LogP contribution in [0.15, 0.2) is 17.0 Å². The molecule has 1 aliphatic heterocycles. The predicted octanol–water partition coefficient (Wildman–Crippen LogP) is -0.435. The molecule has 7 heavy (non-hydrogen) atoms. The van der Waals surface area contributed by atoms with Crippen LogP contribution in [0.3, 0.4) is 0 Å². The van der Waals surface area contributed by atoms with Gasteiger partial charge in [-0.05, 0) is 10.0 Å². The molecule has 1 heterocycles. The average molecular weight is 98.1 g/mol. The summed E-state index contributed by atoms with van der Waals surface area (Å²) in [7, 11) is 0. The van der Waals surface area contributed by atoms with E-state index in [-0.39, 0.29) is 5.82 Å². The number of nitrogens with zero attached hydrogens (tertiary/aromatic N) is 2. The van der Waals surface area contributed by atoms with Gasteiger partial charge in [0, 0.05) is 0 Å². The van der Waals surface area contributed by atoms with Gasteiger partial charge >= 0.3 is 5.82 Å². The van der Waals surface area contributed by atoms with E-state index in [0.717, 1.165) is 0 Å². The molecule has 0 aromatic rings. The summed E-state index contributed by atoms with van der Waals surface area (Å²) in [5, 5.41) is 3.25. The number of nitrogens with two attached hydrogens (primary N) is 1. The van der Waals surface area contributed by atoms with Gasteiger partial charge in [0.15, 0.2) is 0 Å². The van der Waals surface area contributed by atoms with Crippen molar-refractivity contribution in [3.05, 3.63) is 16.8 Å². The normalized spacial score (nSPS) is 17.7. The number of hydrazone groups is 1. The van der Waals surface area contributed by atoms with Gasteiger partial charge in [0.2, 0.25) is 0 Å². The van der Waals surface area contributed by atoms with E-state index in [2.05, 4.69) is 5.10 Å². The van der Waals surface area contributed by atoms with Crippen molar-refractivity contribution >= 4 is 6.21 Å². The maximum atomic E-state index is 10.1. The van der Waals surface area contributed by atoms with Gasteiger partial charge in [-0.25, -0.2) is 0 Å². The minimum Gasteiger partial charge on any atom is -0.282 e. The molecule has 0 radical (unpaired) electrons. The topological polar surface area (TPSA) is 58.5 Å². The summed E-state index contributed by atoms with van der Waals surface area (Å²) in [4.78, 5) is 10.5. The zero-order chi connectivity index (χ0) is 5.28. The van der Waals surface area contributed by atoms with Crippen molar-refractivity contribution < 1.29 is 4.87 Å². The van der Waals surface area contributed by atoms with Crippen LogP contribution in [0.1, 0.15) is 0 Å². The lowest BCUT2D eigenvalue weighted by atomic mass is 10.6. The molecule has 2 N–H and O–H groups in total. The van der Waals surface area contributed by atoms with Crippen LogP contribution in [0.2, 0.25) is 0 Å². The molecule has 0 fully saturated rings. The highest BCUT2D eigenvalue weighted by atomic mass is 16.3. The highest BCUT2D eigenvalue weighted by Gasteiger charge is 2.10. The van der Waals surface area contributed by atoms with Crippen LogP contribution in [0.4, 0.5) is 0 Å². The average Bonchev–Trinajstić information content (AvgIpc) is 1.91. The van der Waals surface area contributed by atoms with Gasteiger partial charge in [-0.2, -0.15) is 0 Å². The molecule has 0 spiro atoms. The fraction of sp³-hybridized carbons (Fsp3) is 0. The van der Waals surface area contributed by atoms with Gasteiger partial charge in [-0.1, -0.05) is 0 Å². The molecule has 0 aliphatic carbocycles. The fourth-order valence-corrected chi connectivity index (χ4v) is 0.301. The van der Waals surface area contributed by atoms with Gasteiger partial charge in [0.1, 0.15) is 4.87 Å². The Balaban J connectivity index is 2.89. The van der Waals surface area contributed by atoms with E-state index in [1.807, 2.05) is 0 Å². The van der Waals surface area contributed by atoms with Gasteiger partial charge in [-0.15, -0.1) is 0 Å². The van der Waals surface area contributed by atoms with E-state index in [1.54, 1.807) is 0 Å². The molecule has 36 valence electrons. The Morgan fingerprint density at radius 3 is 2.71 bits per heavy atom. The molecule has 4 heteroatoms. The third-order valence-corrected chi connectivity index (χ3v) is 0.638. The van der Waals surface area contributed by atoms with Crippen molar-refractivity contribution in [3.63, 3.8) is 0 Å². The summed E-state index contributed by atoms with van der Waals surface area (Å²) in [6.07, 6.45) is 2.79. The molecular formula is C3H4N3O+. The van der Waals surface area contributed by atoms with Crippen LogP contribution < -0.4 is 5.73 Å². The van der Waals surface area contributed by atoms with Crippen LogP contribution in [-0.2, 0) is 0 Å². The molecule has 4 nitrogen and oxygen atoms in total. The Morgan fingerprint density at radius 2 is 2.57 bits per heavy atom. The van der Waals surface area contributed by atoms with Crippen molar-refractivity contribution in [2.45, 2.75) is 0 Å². The molecule has 0 unspecified atom stereocenters. The molecule has 0 bridgehead atoms. The predicted molar refractivity (Wildman–Crippen MR) is 24.4 cm³/mol. The monoisotopic (exact) mass is 98.0 g/mol. The SMILES string of the molecule is NC1=CC=N[N+]1=O. The van der Waals surface area contributed by atoms with E-state index in [4.69, 9.17) is 5.73 Å². The van der Waals surface area contributed by atoms with Gasteiger partial charge in [0.25, 0.3) is 0 Å². The molecule has 1 aliphatic rings. The lowest BCUT2D eigenvalue weighted by molar-refractivity contribution is -0.500. The lowest BCUT2D eigenvalue weighted by Crippen LogP contribution is -2.04. The Morgan fingerprint density at radius 1 is 1.86 bits per heavy atom. The number of hydrogen-bond donors (Lipinski definition) is 1. The molecule has 0 aromatic heterocycles. The summed E-state index contributed by atoms with van der Waals surface area (Å²) >= 11 is 0. The summed E-state index contributed by atoms with van der Waals surface area (Å²) in [5.74, 6) is 0.139. The Labute approximate surface area is 39.9 Å². The van der Waals surface area contributed by atoms with Crippen molar-refractivity contribution in [1.29, 1.82) is 0 Å². The lowest BCUT2D eigenvalue weighted by Gasteiger charge is -1.71. The van der Waals surface area contributed by atoms with E-state index in [0.29, 0.717) is 4.87 Å². The van der Waals surface area contributed by atoms with Crippen LogP contribution in [0.5, 0.6) is 0 Å². The summed E-state index contributed by atoms with van der Waals surface area (Å²) in [5.41, 5.74) is 5.03. The Kier molecular flexibility index (Phi) is 0.651. The zero-order valence-electron chi connectivity index (χ0n) is 3.53. The maximum absolute atomic E-state index is 10.1. The summed E-state index contributed by atoms with van der Waals surface area (Å²) < 4.78 is 0. The minimum atomic E-state index is 0.139. The molecule has 1 rings (SSSR count). The van der Waals surface area contributed by atoms with Crippen molar-refractivity contribution in [2.75, 3.05) is 0 Å². The van der Waals surface area contributed by atoms with E-state index in [1.165, 1.54) is 12.3 Å². The number of nitroso groups, excluding NO2 is 1. The first-order valence-electron chi connectivity index (χ1n) is 1.78. The van der Waals surface area contributed by atoms with Crippen LogP contribution in [0.25, 0.3) is 0 Å². The maximum Gasteiger partial charge on any atom is 0.343 e. The first-order valence-corrected chi connectivity index (χ1v) is 1.78. The third-order valence-electron chi connectivity index (χ3n) is 0.638. The van der Waals surface area contributed by atoms with Gasteiger partial charge in [-0.3, -0.25) is 5.73 Å². The van der Waals surface area contributed by atoms with E-state index < -0.39 is 0 Å². The van der Waals surface area contributed by atoms with Gasteiger partial charge in [0.05, 0.1) is 12.3 Å². The third kappa shape index (κ3) is 0.489. The molecular weight excluding hydrogens is 94.1 g/mol. The summed E-state index contributed by atoms with van der Waals surface area (Å²) in [6.45, 7) is 0. The summed E-state index contributed by atoms with van der Waals surface area (Å²) in [6, 6.07) is 0. The van der Waals surface area contributed by atoms with Crippen LogP contribution in [-0.4, -0.2) is 11.1 Å². The fourth-order valence-electron chi connectivity index (χ4n) is 0.301. The number of hydrogen-bond acceptors (Lipinski definition) is 2. The van der Waals surface area contributed by atoms with Crippen molar-refractivity contribution in [1.82, 2.24) is 0 Å². The second kappa shape index (κ2) is 1.14. The molecule has 0 amide bonds. The minimum absolute atomic E-state index is 0.139. The quantitative estimate of drug-likeness (QED) is 0.418. The van der Waals surface area contributed by atoms with Crippen molar-refractivity contribution in [2.24, 2.45) is 10.8 Å². The Hall–Kier alpha value is -1.19. The van der Waals surface area contributed by atoms with Crippen molar-refractivity contribution in [3.8, 4) is 0 Å². The highest BCUT2D eigenvalue weighted by molar-refractivity contribution is 5.71. The van der Waals surface area contributed by atoms with Crippen LogP contribution in [0, 0.1) is 4.91 Å². The first kappa shape index (κ1) is 3.98. The zero-order valence-corrected chi connectivity index (χ0v) is 3.53. The van der Waals surface area contributed by atoms with E-state index in [9.17, 15) is 4.91 Å². The van der Waals surface area contributed by atoms with Crippen LogP contribution >= 0.6 is 0 Å². The molecule has 0 aromatic carbocycles. The first-order chi connectivity index (χ1) is 3.30. The highest BCUT2D eigenvalue weighted by Crippen LogP contribution is 1.91. The standard InChI is InChI=1S/C3H4N3O/c4-3-1-2-5-6(3)7/h1-2H,(H2,4,5,7)/q+1. The second-order valence-electron chi connectivity index (χ2n) is 1.13. The smallest absolute Gasteiger partial charge is 0.282 e.